The van der Waals surface area contributed by atoms with Crippen molar-refractivity contribution in [1.29, 1.82) is 0 Å². The predicted molar refractivity (Wildman–Crippen MR) is 69.9 cm³/mol. The molecule has 0 aromatic carbocycles. The van der Waals surface area contributed by atoms with Gasteiger partial charge in [0, 0.05) is 17.3 Å². The van der Waals surface area contributed by atoms with Gasteiger partial charge in [-0.15, -0.1) is 11.3 Å². The molecule has 1 aromatic heterocycles. The van der Waals surface area contributed by atoms with Gasteiger partial charge in [0.25, 0.3) is 0 Å². The number of rotatable bonds is 1. The summed E-state index contributed by atoms with van der Waals surface area (Å²) in [5, 5.41) is 2.33. The van der Waals surface area contributed by atoms with Crippen LogP contribution in [0, 0.1) is 0 Å². The Morgan fingerprint density at radius 3 is 2.76 bits per heavy atom. The fourth-order valence-corrected chi connectivity index (χ4v) is 4.39. The molecule has 0 unspecified atom stereocenters. The number of hydrogen-bond donors (Lipinski definition) is 1. The Bertz CT molecular complexity index is 581. The lowest BCUT2D eigenvalue weighted by Crippen LogP contribution is -2.50. The van der Waals surface area contributed by atoms with Crippen molar-refractivity contribution in [2.75, 3.05) is 12.8 Å². The Morgan fingerprint density at radius 2 is 2.29 bits per heavy atom. The molecule has 0 fully saturated rings. The Hall–Kier alpha value is -0.790. The lowest BCUT2D eigenvalue weighted by Gasteiger charge is -2.33. The van der Waals surface area contributed by atoms with Crippen LogP contribution in [-0.2, 0) is 15.6 Å². The maximum atomic E-state index is 11.9. The van der Waals surface area contributed by atoms with Crippen LogP contribution in [0.4, 0.5) is 0 Å². The van der Waals surface area contributed by atoms with Gasteiger partial charge in [-0.1, -0.05) is 11.6 Å². The van der Waals surface area contributed by atoms with Crippen molar-refractivity contribution in [1.82, 2.24) is 4.31 Å². The molecule has 0 saturated carbocycles. The molecule has 2 rings (SSSR count). The number of nitrogens with zero attached hydrogens (tertiary/aromatic N) is 2. The molecule has 2 N–H and O–H groups in total. The maximum absolute atomic E-state index is 11.9. The fourth-order valence-electron chi connectivity index (χ4n) is 1.67. The van der Waals surface area contributed by atoms with Gasteiger partial charge in [-0.2, -0.15) is 0 Å². The minimum absolute atomic E-state index is 0.00303. The van der Waals surface area contributed by atoms with Crippen molar-refractivity contribution in [3.05, 3.63) is 21.3 Å². The lowest BCUT2D eigenvalue weighted by atomic mass is 10.0. The van der Waals surface area contributed by atoms with Crippen LogP contribution in [0.5, 0.6) is 0 Å². The van der Waals surface area contributed by atoms with Gasteiger partial charge in [-0.25, -0.2) is 17.7 Å². The van der Waals surface area contributed by atoms with E-state index in [1.54, 1.807) is 18.4 Å². The van der Waals surface area contributed by atoms with Crippen LogP contribution in [0.2, 0.25) is 5.02 Å². The summed E-state index contributed by atoms with van der Waals surface area (Å²) in [5.41, 5.74) is 4.79. The summed E-state index contributed by atoms with van der Waals surface area (Å²) < 4.78 is 24.9. The summed E-state index contributed by atoms with van der Waals surface area (Å²) in [6, 6.07) is 1.73. The van der Waals surface area contributed by atoms with E-state index in [4.69, 9.17) is 17.3 Å². The van der Waals surface area contributed by atoms with Crippen molar-refractivity contribution in [3.63, 3.8) is 0 Å². The summed E-state index contributed by atoms with van der Waals surface area (Å²) in [6.45, 7) is 1.74. The normalized spacial score (nSPS) is 27.9. The summed E-state index contributed by atoms with van der Waals surface area (Å²) in [5.74, 6) is -0.100. The molecule has 1 aromatic rings. The average Bonchev–Trinajstić information content (AvgIpc) is 2.61. The molecular formula is C9H12ClN3O2S2. The monoisotopic (exact) mass is 293 g/mol. The van der Waals surface area contributed by atoms with Crippen LogP contribution < -0.4 is 5.73 Å². The SMILES string of the molecule is CN1C(N)=N[C@](C)(c2cc(Cl)cs2)CS1(=O)=O. The van der Waals surface area contributed by atoms with Gasteiger partial charge in [0.2, 0.25) is 16.0 Å². The molecule has 0 amide bonds. The number of sulfonamides is 1. The predicted octanol–water partition coefficient (Wildman–Crippen LogP) is 1.21. The maximum Gasteiger partial charge on any atom is 0.239 e. The van der Waals surface area contributed by atoms with Gasteiger partial charge < -0.3 is 5.73 Å². The van der Waals surface area contributed by atoms with E-state index in [0.29, 0.717) is 5.02 Å². The molecule has 1 aliphatic heterocycles. The highest BCUT2D eigenvalue weighted by Gasteiger charge is 2.40. The first kappa shape index (κ1) is 12.7. The molecule has 0 aliphatic carbocycles. The molecule has 0 saturated heterocycles. The van der Waals surface area contributed by atoms with Crippen molar-refractivity contribution >= 4 is 38.9 Å². The number of hydrogen-bond acceptors (Lipinski definition) is 5. The minimum Gasteiger partial charge on any atom is -0.369 e. The number of aliphatic imine (C=N–C) groups is 1. The molecule has 1 atom stereocenters. The van der Waals surface area contributed by atoms with Gasteiger partial charge in [0.15, 0.2) is 0 Å². The first-order valence-electron chi connectivity index (χ1n) is 4.81. The second-order valence-corrected chi connectivity index (χ2v) is 7.44. The topological polar surface area (TPSA) is 75.8 Å². The number of halogens is 1. The zero-order valence-electron chi connectivity index (χ0n) is 9.34. The van der Waals surface area contributed by atoms with Crippen LogP contribution in [0.15, 0.2) is 16.4 Å². The quantitative estimate of drug-likeness (QED) is 0.845. The molecule has 94 valence electrons. The van der Waals surface area contributed by atoms with Crippen molar-refractivity contribution in [3.8, 4) is 0 Å². The van der Waals surface area contributed by atoms with Gasteiger partial charge >= 0.3 is 0 Å². The Kier molecular flexibility index (Phi) is 2.87. The minimum atomic E-state index is -3.42. The van der Waals surface area contributed by atoms with E-state index in [2.05, 4.69) is 4.99 Å². The van der Waals surface area contributed by atoms with E-state index in [9.17, 15) is 8.42 Å². The molecule has 0 spiro atoms. The molecule has 2 heterocycles. The van der Waals surface area contributed by atoms with Crippen molar-refractivity contribution in [2.24, 2.45) is 10.7 Å². The largest absolute Gasteiger partial charge is 0.369 e. The molecule has 0 radical (unpaired) electrons. The van der Waals surface area contributed by atoms with Crippen LogP contribution >= 0.6 is 22.9 Å². The van der Waals surface area contributed by atoms with Crippen molar-refractivity contribution in [2.45, 2.75) is 12.5 Å². The van der Waals surface area contributed by atoms with Crippen molar-refractivity contribution < 1.29 is 8.42 Å². The first-order chi connectivity index (χ1) is 7.74. The zero-order valence-corrected chi connectivity index (χ0v) is 11.7. The highest BCUT2D eigenvalue weighted by molar-refractivity contribution is 7.89. The third-order valence-corrected chi connectivity index (χ3v) is 6.14. The average molecular weight is 294 g/mol. The van der Waals surface area contributed by atoms with E-state index in [-0.39, 0.29) is 11.7 Å². The smallest absolute Gasteiger partial charge is 0.239 e. The number of nitrogens with two attached hydrogens (primary N) is 1. The summed E-state index contributed by atoms with van der Waals surface area (Å²) in [7, 11) is -2.02. The molecule has 5 nitrogen and oxygen atoms in total. The van der Waals surface area contributed by atoms with Crippen LogP contribution in [0.1, 0.15) is 11.8 Å². The Balaban J connectivity index is 2.53. The number of thiophene rings is 1. The molecule has 17 heavy (non-hydrogen) atoms. The standard InChI is InChI=1S/C9H12ClN3O2S2/c1-9(7-3-6(10)4-16-7)5-17(14,15)13(2)8(11)12-9/h3-4H,5H2,1-2H3,(H2,11,12)/t9-/m0/s1. The van der Waals surface area contributed by atoms with E-state index >= 15 is 0 Å². The molecule has 8 heteroatoms. The number of guanidine groups is 1. The second-order valence-electron chi connectivity index (χ2n) is 4.10. The van der Waals surface area contributed by atoms with E-state index in [0.717, 1.165) is 9.18 Å². The Labute approximate surface area is 109 Å². The van der Waals surface area contributed by atoms with Gasteiger partial charge in [0.1, 0.15) is 5.54 Å². The summed E-state index contributed by atoms with van der Waals surface area (Å²) in [4.78, 5) is 5.06. The summed E-state index contributed by atoms with van der Waals surface area (Å²) >= 11 is 7.23. The summed E-state index contributed by atoms with van der Waals surface area (Å²) in [6.07, 6.45) is 0. The van der Waals surface area contributed by atoms with Crippen LogP contribution in [0.25, 0.3) is 0 Å². The molecular weight excluding hydrogens is 282 g/mol. The first-order valence-corrected chi connectivity index (χ1v) is 7.68. The third-order valence-electron chi connectivity index (χ3n) is 2.66. The highest BCUT2D eigenvalue weighted by Crippen LogP contribution is 2.36. The van der Waals surface area contributed by atoms with Gasteiger partial charge in [0.05, 0.1) is 10.8 Å². The lowest BCUT2D eigenvalue weighted by molar-refractivity contribution is 0.482. The van der Waals surface area contributed by atoms with E-state index < -0.39 is 15.6 Å². The van der Waals surface area contributed by atoms with Gasteiger partial charge in [-0.05, 0) is 13.0 Å². The van der Waals surface area contributed by atoms with E-state index in [1.165, 1.54) is 18.4 Å². The fraction of sp³-hybridized carbons (Fsp3) is 0.444. The van der Waals surface area contributed by atoms with Gasteiger partial charge in [-0.3, -0.25) is 0 Å². The zero-order chi connectivity index (χ0) is 12.8. The highest BCUT2D eigenvalue weighted by atomic mass is 35.5. The van der Waals surface area contributed by atoms with Crippen LogP contribution in [0.3, 0.4) is 0 Å². The third kappa shape index (κ3) is 2.14. The molecule has 0 bridgehead atoms. The molecule has 1 aliphatic rings. The second kappa shape index (κ2) is 3.86. The Morgan fingerprint density at radius 1 is 1.65 bits per heavy atom. The van der Waals surface area contributed by atoms with E-state index in [1.807, 2.05) is 0 Å². The van der Waals surface area contributed by atoms with Crippen LogP contribution in [-0.4, -0.2) is 31.5 Å².